The van der Waals surface area contributed by atoms with Gasteiger partial charge in [-0.25, -0.2) is 0 Å². The molecule has 0 bridgehead atoms. The van der Waals surface area contributed by atoms with Gasteiger partial charge in [0.15, 0.2) is 0 Å². The molecule has 0 saturated carbocycles. The molecule has 0 heterocycles. The van der Waals surface area contributed by atoms with E-state index in [9.17, 15) is 9.59 Å². The quantitative estimate of drug-likeness (QED) is 0.0409. The van der Waals surface area contributed by atoms with Gasteiger partial charge in [0.25, 0.3) is 0 Å². The fourth-order valence-corrected chi connectivity index (χ4v) is 5.86. The van der Waals surface area contributed by atoms with Crippen molar-refractivity contribution in [2.24, 2.45) is 0 Å². The summed E-state index contributed by atoms with van der Waals surface area (Å²) in [6, 6.07) is 0. The predicted molar refractivity (Wildman–Crippen MR) is 205 cm³/mol. The monoisotopic (exact) mass is 661 g/mol. The van der Waals surface area contributed by atoms with Crippen LogP contribution in [0.5, 0.6) is 0 Å². The molecule has 1 N–H and O–H groups in total. The minimum Gasteiger partial charge on any atom is -0.464 e. The van der Waals surface area contributed by atoms with Crippen LogP contribution in [0.4, 0.5) is 0 Å². The Hall–Kier alpha value is -1.62. The van der Waals surface area contributed by atoms with Crippen molar-refractivity contribution in [1.29, 1.82) is 0 Å². The first-order valence-electron chi connectivity index (χ1n) is 20.5. The molecule has 0 radical (unpaired) electrons. The molecular formula is C42H80N2O3. The van der Waals surface area contributed by atoms with Crippen LogP contribution in [0.25, 0.3) is 0 Å². The van der Waals surface area contributed by atoms with Gasteiger partial charge in [0.2, 0.25) is 5.91 Å². The number of hydrogen-bond donors (Lipinski definition) is 1. The lowest BCUT2D eigenvalue weighted by Gasteiger charge is -2.16. The summed E-state index contributed by atoms with van der Waals surface area (Å²) in [6.45, 7) is 7.33. The summed E-state index contributed by atoms with van der Waals surface area (Å²) in [5.41, 5.74) is 0. The third kappa shape index (κ3) is 38.7. The second kappa shape index (κ2) is 38.8. The van der Waals surface area contributed by atoms with Crippen LogP contribution in [0.15, 0.2) is 24.3 Å². The third-order valence-corrected chi connectivity index (χ3v) is 9.08. The lowest BCUT2D eigenvalue weighted by Crippen LogP contribution is -2.30. The summed E-state index contributed by atoms with van der Waals surface area (Å²) >= 11 is 0. The minimum atomic E-state index is -0.0704. The van der Waals surface area contributed by atoms with Gasteiger partial charge in [0, 0.05) is 25.9 Å². The van der Waals surface area contributed by atoms with Gasteiger partial charge in [0.05, 0.1) is 0 Å². The minimum absolute atomic E-state index is 0.0704. The molecule has 0 rings (SSSR count). The van der Waals surface area contributed by atoms with E-state index in [1.54, 1.807) is 0 Å². The molecule has 47 heavy (non-hydrogen) atoms. The van der Waals surface area contributed by atoms with Crippen LogP contribution >= 0.6 is 0 Å². The summed E-state index contributed by atoms with van der Waals surface area (Å²) in [4.78, 5) is 26.3. The van der Waals surface area contributed by atoms with Crippen molar-refractivity contribution < 1.29 is 14.3 Å². The second-order valence-corrected chi connectivity index (χ2v) is 13.9. The standard InChI is InChI=1S/C42H80N2O3/c1-4-6-8-10-12-14-16-18-20-22-24-26-28-30-32-35-41(45)43-37-34-38-44(3)39-40-47-42(46)36-33-31-29-27-25-23-21-19-17-15-13-11-9-7-5-2/h18-21H,4-17,22-40H2,1-3H3,(H,43,45)/b20-18-,21-19-. The molecule has 276 valence electrons. The number of ether oxygens (including phenoxy) is 1. The van der Waals surface area contributed by atoms with E-state index in [0.29, 0.717) is 26.0 Å². The Labute approximate surface area is 293 Å². The molecule has 0 fully saturated rings. The smallest absolute Gasteiger partial charge is 0.305 e. The lowest BCUT2D eigenvalue weighted by molar-refractivity contribution is -0.144. The molecule has 0 atom stereocenters. The van der Waals surface area contributed by atoms with E-state index in [1.807, 2.05) is 7.05 Å². The van der Waals surface area contributed by atoms with E-state index >= 15 is 0 Å². The molecule has 5 heteroatoms. The number of likely N-dealkylation sites (N-methyl/N-ethyl adjacent to an activating group) is 1. The van der Waals surface area contributed by atoms with Crippen LogP contribution in [0.3, 0.4) is 0 Å². The van der Waals surface area contributed by atoms with Crippen molar-refractivity contribution in [3.8, 4) is 0 Å². The Bertz CT molecular complexity index is 721. The largest absolute Gasteiger partial charge is 0.464 e. The molecule has 0 saturated heterocycles. The van der Waals surface area contributed by atoms with Crippen LogP contribution in [0.2, 0.25) is 0 Å². The van der Waals surface area contributed by atoms with Crippen molar-refractivity contribution in [2.75, 3.05) is 33.3 Å². The predicted octanol–water partition coefficient (Wildman–Crippen LogP) is 12.0. The number of nitrogens with one attached hydrogen (secondary N) is 1. The molecule has 0 aromatic rings. The molecule has 5 nitrogen and oxygen atoms in total. The summed E-state index contributed by atoms with van der Waals surface area (Å²) < 4.78 is 5.43. The number of amides is 1. The maximum Gasteiger partial charge on any atom is 0.305 e. The first-order chi connectivity index (χ1) is 23.1. The van der Waals surface area contributed by atoms with Gasteiger partial charge in [-0.05, 0) is 84.2 Å². The van der Waals surface area contributed by atoms with Gasteiger partial charge in [0.1, 0.15) is 6.61 Å². The Balaban J connectivity index is 3.42. The normalized spacial score (nSPS) is 11.7. The maximum absolute atomic E-state index is 12.1. The summed E-state index contributed by atoms with van der Waals surface area (Å²) in [7, 11) is 2.05. The first kappa shape index (κ1) is 45.4. The SMILES string of the molecule is CCCCCCCC/C=C\CCCCCCCC(=O)NCCCN(C)CCOC(=O)CCCCCCC/C=C\CCCCCCCC. The Kier molecular flexibility index (Phi) is 37.5. The van der Waals surface area contributed by atoms with Crippen LogP contribution in [-0.2, 0) is 14.3 Å². The molecule has 0 aromatic heterocycles. The number of rotatable bonds is 37. The van der Waals surface area contributed by atoms with E-state index in [4.69, 9.17) is 4.74 Å². The Morgan fingerprint density at radius 3 is 1.38 bits per heavy atom. The highest BCUT2D eigenvalue weighted by atomic mass is 16.5. The molecular weight excluding hydrogens is 580 g/mol. The second-order valence-electron chi connectivity index (χ2n) is 13.9. The average Bonchev–Trinajstić information content (AvgIpc) is 3.06. The molecule has 0 spiro atoms. The Morgan fingerprint density at radius 2 is 0.915 bits per heavy atom. The van der Waals surface area contributed by atoms with Gasteiger partial charge in [-0.1, -0.05) is 141 Å². The zero-order chi connectivity index (χ0) is 34.3. The first-order valence-corrected chi connectivity index (χ1v) is 20.5. The molecule has 0 aliphatic heterocycles. The summed E-state index contributed by atoms with van der Waals surface area (Å²) in [5.74, 6) is 0.105. The van der Waals surface area contributed by atoms with Crippen LogP contribution < -0.4 is 5.32 Å². The number of carbonyl (C=O) groups excluding carboxylic acids is 2. The number of unbranched alkanes of at least 4 members (excludes halogenated alkanes) is 22. The van der Waals surface area contributed by atoms with E-state index in [1.165, 1.54) is 141 Å². The number of hydrogen-bond acceptors (Lipinski definition) is 4. The molecule has 0 aliphatic rings. The van der Waals surface area contributed by atoms with E-state index in [0.717, 1.165) is 45.2 Å². The van der Waals surface area contributed by atoms with Crippen molar-refractivity contribution in [1.82, 2.24) is 10.2 Å². The number of nitrogens with zero attached hydrogens (tertiary/aromatic N) is 1. The highest BCUT2D eigenvalue weighted by molar-refractivity contribution is 5.75. The fourth-order valence-electron chi connectivity index (χ4n) is 5.86. The summed E-state index contributed by atoms with van der Waals surface area (Å²) in [5, 5.41) is 3.06. The van der Waals surface area contributed by atoms with Gasteiger partial charge < -0.3 is 15.0 Å². The third-order valence-electron chi connectivity index (χ3n) is 9.08. The molecule has 0 aliphatic carbocycles. The van der Waals surface area contributed by atoms with Gasteiger partial charge in [-0.2, -0.15) is 0 Å². The average molecular weight is 661 g/mol. The van der Waals surface area contributed by atoms with Crippen molar-refractivity contribution in [3.05, 3.63) is 24.3 Å². The zero-order valence-corrected chi connectivity index (χ0v) is 31.8. The maximum atomic E-state index is 12.1. The summed E-state index contributed by atoms with van der Waals surface area (Å²) in [6.07, 6.45) is 44.5. The Morgan fingerprint density at radius 1 is 0.511 bits per heavy atom. The van der Waals surface area contributed by atoms with Crippen LogP contribution in [-0.4, -0.2) is 50.1 Å². The highest BCUT2D eigenvalue weighted by Crippen LogP contribution is 2.12. The number of esters is 1. The molecule has 1 amide bonds. The van der Waals surface area contributed by atoms with Gasteiger partial charge >= 0.3 is 5.97 Å². The van der Waals surface area contributed by atoms with Crippen LogP contribution in [0, 0.1) is 0 Å². The topological polar surface area (TPSA) is 58.6 Å². The van der Waals surface area contributed by atoms with Gasteiger partial charge in [-0.15, -0.1) is 0 Å². The van der Waals surface area contributed by atoms with Crippen molar-refractivity contribution >= 4 is 11.9 Å². The molecule has 0 unspecified atom stereocenters. The highest BCUT2D eigenvalue weighted by Gasteiger charge is 2.05. The lowest BCUT2D eigenvalue weighted by atomic mass is 10.1. The van der Waals surface area contributed by atoms with Crippen molar-refractivity contribution in [3.63, 3.8) is 0 Å². The number of carbonyl (C=O) groups is 2. The fraction of sp³-hybridized carbons (Fsp3) is 0.857. The van der Waals surface area contributed by atoms with E-state index in [2.05, 4.69) is 48.4 Å². The van der Waals surface area contributed by atoms with E-state index < -0.39 is 0 Å². The van der Waals surface area contributed by atoms with Crippen molar-refractivity contribution in [2.45, 2.75) is 200 Å². The van der Waals surface area contributed by atoms with E-state index in [-0.39, 0.29) is 11.9 Å². The number of allylic oxidation sites excluding steroid dienone is 4. The van der Waals surface area contributed by atoms with Crippen LogP contribution in [0.1, 0.15) is 200 Å². The van der Waals surface area contributed by atoms with Gasteiger partial charge in [-0.3, -0.25) is 9.59 Å². The molecule has 0 aromatic carbocycles. The zero-order valence-electron chi connectivity index (χ0n) is 31.8.